The number of nitrogens with zero attached hydrogens (tertiary/aromatic N) is 5. The molecule has 2 amide bonds. The van der Waals surface area contributed by atoms with Crippen LogP contribution in [0.4, 0.5) is 10.6 Å². The van der Waals surface area contributed by atoms with E-state index in [1.807, 2.05) is 49.1 Å². The first-order valence-electron chi connectivity index (χ1n) is 12.4. The molecule has 9 heteroatoms. The van der Waals surface area contributed by atoms with Gasteiger partial charge in [0.1, 0.15) is 11.9 Å². The van der Waals surface area contributed by atoms with Gasteiger partial charge in [-0.05, 0) is 56.5 Å². The van der Waals surface area contributed by atoms with Crippen LogP contribution in [-0.4, -0.2) is 72.2 Å². The minimum atomic E-state index is -0.383. The van der Waals surface area contributed by atoms with Crippen molar-refractivity contribution >= 4 is 29.4 Å². The molecule has 0 radical (unpaired) electrons. The minimum absolute atomic E-state index is 0.0288. The predicted molar refractivity (Wildman–Crippen MR) is 138 cm³/mol. The van der Waals surface area contributed by atoms with E-state index >= 15 is 0 Å². The molecule has 1 aromatic carbocycles. The highest BCUT2D eigenvalue weighted by atomic mass is 35.5. The number of benzene rings is 1. The van der Waals surface area contributed by atoms with Crippen molar-refractivity contribution < 1.29 is 14.3 Å². The number of hydrogen-bond acceptors (Lipinski definition) is 6. The van der Waals surface area contributed by atoms with Gasteiger partial charge in [0.2, 0.25) is 5.91 Å². The highest BCUT2D eigenvalue weighted by Crippen LogP contribution is 2.34. The van der Waals surface area contributed by atoms with E-state index < -0.39 is 0 Å². The van der Waals surface area contributed by atoms with Gasteiger partial charge in [-0.15, -0.1) is 0 Å². The quantitative estimate of drug-likeness (QED) is 0.597. The summed E-state index contributed by atoms with van der Waals surface area (Å²) in [5.41, 5.74) is 1.58. The molecule has 190 valence electrons. The zero-order valence-corrected chi connectivity index (χ0v) is 21.7. The van der Waals surface area contributed by atoms with Gasteiger partial charge in [-0.3, -0.25) is 4.79 Å². The SMILES string of the molecule is CC(C)OC(=O)N(C)[C@@H]1CN(C(=O)C2CCN(c3ccc(C#N)cn3)CC2)C[C@H]1c1ccc(Cl)cc1. The van der Waals surface area contributed by atoms with Crippen LogP contribution in [0, 0.1) is 17.2 Å². The van der Waals surface area contributed by atoms with Gasteiger partial charge in [-0.1, -0.05) is 23.7 Å². The first-order chi connectivity index (χ1) is 17.3. The molecule has 2 atom stereocenters. The highest BCUT2D eigenvalue weighted by Gasteiger charge is 2.42. The van der Waals surface area contributed by atoms with Crippen molar-refractivity contribution in [3.8, 4) is 6.07 Å². The van der Waals surface area contributed by atoms with E-state index in [0.29, 0.717) is 23.7 Å². The molecule has 2 aliphatic heterocycles. The molecule has 0 saturated carbocycles. The van der Waals surface area contributed by atoms with E-state index in [4.69, 9.17) is 21.6 Å². The Bertz CT molecular complexity index is 1110. The number of aromatic nitrogens is 1. The number of piperidine rings is 1. The van der Waals surface area contributed by atoms with Crippen molar-refractivity contribution in [3.63, 3.8) is 0 Å². The van der Waals surface area contributed by atoms with Crippen LogP contribution in [0.1, 0.15) is 43.7 Å². The zero-order chi connectivity index (χ0) is 25.8. The summed E-state index contributed by atoms with van der Waals surface area (Å²) in [6.45, 7) is 6.12. The molecule has 3 heterocycles. The van der Waals surface area contributed by atoms with Crippen molar-refractivity contribution in [2.75, 3.05) is 38.1 Å². The summed E-state index contributed by atoms with van der Waals surface area (Å²) in [6, 6.07) is 13.1. The Labute approximate surface area is 217 Å². The van der Waals surface area contributed by atoms with Gasteiger partial charge in [0.25, 0.3) is 0 Å². The molecule has 0 spiro atoms. The molecule has 0 aliphatic carbocycles. The normalized spacial score (nSPS) is 20.3. The molecule has 0 N–H and O–H groups in total. The van der Waals surface area contributed by atoms with Crippen molar-refractivity contribution in [2.24, 2.45) is 5.92 Å². The van der Waals surface area contributed by atoms with Gasteiger partial charge in [0.15, 0.2) is 0 Å². The average molecular weight is 510 g/mol. The first-order valence-corrected chi connectivity index (χ1v) is 12.7. The molecule has 2 aliphatic rings. The van der Waals surface area contributed by atoms with Crippen LogP contribution >= 0.6 is 11.6 Å². The minimum Gasteiger partial charge on any atom is -0.447 e. The average Bonchev–Trinajstić information content (AvgIpc) is 3.33. The second-order valence-corrected chi connectivity index (χ2v) is 10.2. The second kappa shape index (κ2) is 11.2. The maximum absolute atomic E-state index is 13.6. The number of nitriles is 1. The van der Waals surface area contributed by atoms with Crippen molar-refractivity contribution in [2.45, 2.75) is 44.8 Å². The number of hydrogen-bond donors (Lipinski definition) is 0. The number of carbonyl (C=O) groups excluding carboxylic acids is 2. The molecular formula is C27H32ClN5O3. The summed E-state index contributed by atoms with van der Waals surface area (Å²) in [5, 5.41) is 9.63. The van der Waals surface area contributed by atoms with E-state index in [9.17, 15) is 9.59 Å². The maximum Gasteiger partial charge on any atom is 0.410 e. The second-order valence-electron chi connectivity index (χ2n) is 9.79. The highest BCUT2D eigenvalue weighted by molar-refractivity contribution is 6.30. The fourth-order valence-electron chi connectivity index (χ4n) is 5.07. The summed E-state index contributed by atoms with van der Waals surface area (Å²) >= 11 is 6.11. The van der Waals surface area contributed by atoms with Crippen LogP contribution in [0.25, 0.3) is 0 Å². The van der Waals surface area contributed by atoms with E-state index in [1.165, 1.54) is 0 Å². The lowest BCUT2D eigenvalue weighted by Crippen LogP contribution is -2.45. The van der Waals surface area contributed by atoms with Crippen LogP contribution in [0.2, 0.25) is 5.02 Å². The molecule has 2 saturated heterocycles. The van der Waals surface area contributed by atoms with Crippen LogP contribution in [0.5, 0.6) is 0 Å². The van der Waals surface area contributed by atoms with Gasteiger partial charge in [0.05, 0.1) is 17.7 Å². The number of ether oxygens (including phenoxy) is 1. The Hall–Kier alpha value is -3.31. The van der Waals surface area contributed by atoms with Gasteiger partial charge >= 0.3 is 6.09 Å². The van der Waals surface area contributed by atoms with Crippen LogP contribution in [0.3, 0.4) is 0 Å². The Kier molecular flexibility index (Phi) is 8.00. The van der Waals surface area contributed by atoms with Crippen LogP contribution in [-0.2, 0) is 9.53 Å². The van der Waals surface area contributed by atoms with E-state index in [0.717, 1.165) is 37.3 Å². The smallest absolute Gasteiger partial charge is 0.410 e. The number of likely N-dealkylation sites (N-methyl/N-ethyl adjacent to an activating group) is 1. The van der Waals surface area contributed by atoms with Crippen molar-refractivity contribution in [1.29, 1.82) is 5.26 Å². The number of amides is 2. The third-order valence-corrected chi connectivity index (χ3v) is 7.32. The van der Waals surface area contributed by atoms with E-state index in [-0.39, 0.29) is 36.0 Å². The van der Waals surface area contributed by atoms with Gasteiger partial charge in [-0.25, -0.2) is 9.78 Å². The summed E-state index contributed by atoms with van der Waals surface area (Å²) in [5.74, 6) is 0.861. The van der Waals surface area contributed by atoms with Crippen LogP contribution in [0.15, 0.2) is 42.6 Å². The number of carbonyl (C=O) groups is 2. The predicted octanol–water partition coefficient (Wildman–Crippen LogP) is 4.29. The molecule has 4 rings (SSSR count). The van der Waals surface area contributed by atoms with Crippen molar-refractivity contribution in [3.05, 3.63) is 58.7 Å². The van der Waals surface area contributed by atoms with Crippen molar-refractivity contribution in [1.82, 2.24) is 14.8 Å². The zero-order valence-electron chi connectivity index (χ0n) is 20.9. The van der Waals surface area contributed by atoms with E-state index in [1.54, 1.807) is 24.2 Å². The lowest BCUT2D eigenvalue weighted by Gasteiger charge is -2.34. The fraction of sp³-hybridized carbons (Fsp3) is 0.481. The van der Waals surface area contributed by atoms with Gasteiger partial charge in [0, 0.05) is 56.3 Å². The van der Waals surface area contributed by atoms with Crippen LogP contribution < -0.4 is 4.90 Å². The summed E-state index contributed by atoms with van der Waals surface area (Å²) in [7, 11) is 1.75. The molecule has 2 fully saturated rings. The molecule has 0 bridgehead atoms. The Morgan fingerprint density at radius 3 is 2.42 bits per heavy atom. The maximum atomic E-state index is 13.6. The number of pyridine rings is 1. The van der Waals surface area contributed by atoms with E-state index in [2.05, 4.69) is 16.0 Å². The fourth-order valence-corrected chi connectivity index (χ4v) is 5.20. The molecule has 8 nitrogen and oxygen atoms in total. The Morgan fingerprint density at radius 1 is 1.14 bits per heavy atom. The molecule has 36 heavy (non-hydrogen) atoms. The number of halogens is 1. The number of rotatable bonds is 5. The lowest BCUT2D eigenvalue weighted by molar-refractivity contribution is -0.135. The lowest BCUT2D eigenvalue weighted by atomic mass is 9.93. The largest absolute Gasteiger partial charge is 0.447 e. The summed E-state index contributed by atoms with van der Waals surface area (Å²) in [6.07, 6.45) is 2.45. The number of likely N-dealkylation sites (tertiary alicyclic amines) is 1. The summed E-state index contributed by atoms with van der Waals surface area (Å²) in [4.78, 5) is 36.4. The van der Waals surface area contributed by atoms with Gasteiger partial charge in [-0.2, -0.15) is 5.26 Å². The molecule has 1 aromatic heterocycles. The Balaban J connectivity index is 1.44. The Morgan fingerprint density at radius 2 is 1.83 bits per heavy atom. The molecular weight excluding hydrogens is 478 g/mol. The standard InChI is InChI=1S/C27H32ClN5O3/c1-18(2)36-27(35)31(3)24-17-33(16-23(24)20-5-7-22(28)8-6-20)26(34)21-10-12-32(13-11-21)25-9-4-19(14-29)15-30-25/h4-9,15,18,21,23-24H,10-13,16-17H2,1-3H3/t23-,24+/m0/s1. The topological polar surface area (TPSA) is 89.8 Å². The molecule has 0 unspecified atom stereocenters. The third kappa shape index (κ3) is 5.73. The van der Waals surface area contributed by atoms with Gasteiger partial charge < -0.3 is 19.4 Å². The molecule has 2 aromatic rings. The first kappa shape index (κ1) is 25.8. The third-order valence-electron chi connectivity index (χ3n) is 7.07. The summed E-state index contributed by atoms with van der Waals surface area (Å²) < 4.78 is 5.44. The monoisotopic (exact) mass is 509 g/mol. The number of anilines is 1.